The first-order valence-electron chi connectivity index (χ1n) is 11.6. The van der Waals surface area contributed by atoms with Crippen LogP contribution in [0.25, 0.3) is 16.9 Å². The standard InChI is InChI=1S/C28H27FN4O2/c1-20-6-3-4-9-26(20)31-14-16-32(17-15-31)28(34)27-19-25(21-7-5-8-24(18-21)35-2)30-33(27)23-12-10-22(29)11-13-23/h3-13,18-19H,14-17H2,1-2H3. The molecular weight excluding hydrogens is 443 g/mol. The number of carbonyl (C=O) groups is 1. The van der Waals surface area contributed by atoms with Gasteiger partial charge in [-0.25, -0.2) is 9.07 Å². The number of para-hydroxylation sites is 1. The van der Waals surface area contributed by atoms with Crippen LogP contribution in [-0.4, -0.2) is 53.9 Å². The van der Waals surface area contributed by atoms with Gasteiger partial charge in [-0.15, -0.1) is 0 Å². The number of piperazine rings is 1. The zero-order valence-corrected chi connectivity index (χ0v) is 19.8. The second-order valence-corrected chi connectivity index (χ2v) is 8.60. The van der Waals surface area contributed by atoms with Crippen LogP contribution in [0.3, 0.4) is 0 Å². The minimum Gasteiger partial charge on any atom is -0.497 e. The number of benzene rings is 3. The van der Waals surface area contributed by atoms with Crippen molar-refractivity contribution < 1.29 is 13.9 Å². The monoisotopic (exact) mass is 470 g/mol. The molecule has 0 N–H and O–H groups in total. The fourth-order valence-electron chi connectivity index (χ4n) is 4.47. The molecule has 6 nitrogen and oxygen atoms in total. The van der Waals surface area contributed by atoms with Gasteiger partial charge in [-0.05, 0) is 61.0 Å². The quantitative estimate of drug-likeness (QED) is 0.414. The predicted octanol–water partition coefficient (Wildman–Crippen LogP) is 4.96. The molecular formula is C28H27FN4O2. The van der Waals surface area contributed by atoms with Gasteiger partial charge in [0.25, 0.3) is 5.91 Å². The number of aryl methyl sites for hydroxylation is 1. The van der Waals surface area contributed by atoms with Gasteiger partial charge >= 0.3 is 0 Å². The molecule has 35 heavy (non-hydrogen) atoms. The second-order valence-electron chi connectivity index (χ2n) is 8.60. The molecule has 0 spiro atoms. The van der Waals surface area contributed by atoms with E-state index in [1.807, 2.05) is 41.3 Å². The molecule has 4 aromatic rings. The summed E-state index contributed by atoms with van der Waals surface area (Å²) in [6.45, 7) is 4.83. The van der Waals surface area contributed by atoms with Crippen LogP contribution in [0.4, 0.5) is 10.1 Å². The smallest absolute Gasteiger partial charge is 0.272 e. The van der Waals surface area contributed by atoms with Crippen molar-refractivity contribution >= 4 is 11.6 Å². The van der Waals surface area contributed by atoms with Crippen molar-refractivity contribution in [2.75, 3.05) is 38.2 Å². The summed E-state index contributed by atoms with van der Waals surface area (Å²) in [5.41, 5.74) is 4.99. The largest absolute Gasteiger partial charge is 0.497 e. The number of hydrogen-bond donors (Lipinski definition) is 0. The molecule has 0 radical (unpaired) electrons. The molecule has 0 unspecified atom stereocenters. The lowest BCUT2D eigenvalue weighted by atomic mass is 10.1. The van der Waals surface area contributed by atoms with E-state index in [1.165, 1.54) is 23.4 Å². The van der Waals surface area contributed by atoms with Crippen LogP contribution in [0.15, 0.2) is 78.9 Å². The summed E-state index contributed by atoms with van der Waals surface area (Å²) in [5.74, 6) is 0.272. The molecule has 0 aliphatic carbocycles. The van der Waals surface area contributed by atoms with E-state index < -0.39 is 0 Å². The number of methoxy groups -OCH3 is 1. The van der Waals surface area contributed by atoms with Gasteiger partial charge < -0.3 is 14.5 Å². The fourth-order valence-corrected chi connectivity index (χ4v) is 4.47. The normalized spacial score (nSPS) is 13.7. The van der Waals surface area contributed by atoms with E-state index in [2.05, 4.69) is 24.0 Å². The lowest BCUT2D eigenvalue weighted by molar-refractivity contribution is 0.0737. The molecule has 1 fully saturated rings. The van der Waals surface area contributed by atoms with Crippen molar-refractivity contribution in [2.24, 2.45) is 0 Å². The van der Waals surface area contributed by atoms with Gasteiger partial charge in [-0.2, -0.15) is 5.10 Å². The van der Waals surface area contributed by atoms with Gasteiger partial charge in [0, 0.05) is 37.4 Å². The molecule has 0 atom stereocenters. The summed E-state index contributed by atoms with van der Waals surface area (Å²) in [6.07, 6.45) is 0. The molecule has 1 saturated heterocycles. The van der Waals surface area contributed by atoms with Crippen LogP contribution in [-0.2, 0) is 0 Å². The van der Waals surface area contributed by atoms with E-state index in [1.54, 1.807) is 30.0 Å². The van der Waals surface area contributed by atoms with E-state index in [0.717, 1.165) is 18.7 Å². The molecule has 7 heteroatoms. The average molecular weight is 471 g/mol. The Balaban J connectivity index is 1.45. The van der Waals surface area contributed by atoms with Crippen LogP contribution in [0.2, 0.25) is 0 Å². The number of rotatable bonds is 5. The van der Waals surface area contributed by atoms with E-state index in [0.29, 0.717) is 35.9 Å². The summed E-state index contributed by atoms with van der Waals surface area (Å²) < 4.78 is 20.5. The van der Waals surface area contributed by atoms with Gasteiger partial charge in [0.2, 0.25) is 0 Å². The van der Waals surface area contributed by atoms with Crippen molar-refractivity contribution in [3.63, 3.8) is 0 Å². The molecule has 3 aromatic carbocycles. The Morgan fingerprint density at radius 3 is 2.37 bits per heavy atom. The highest BCUT2D eigenvalue weighted by atomic mass is 19.1. The number of carbonyl (C=O) groups excluding carboxylic acids is 1. The minimum absolute atomic E-state index is 0.0968. The number of halogens is 1. The summed E-state index contributed by atoms with van der Waals surface area (Å²) in [6, 6.07) is 23.7. The van der Waals surface area contributed by atoms with Gasteiger partial charge in [0.15, 0.2) is 0 Å². The van der Waals surface area contributed by atoms with Crippen LogP contribution < -0.4 is 9.64 Å². The van der Waals surface area contributed by atoms with Crippen LogP contribution in [0.1, 0.15) is 16.1 Å². The summed E-state index contributed by atoms with van der Waals surface area (Å²) in [7, 11) is 1.61. The SMILES string of the molecule is COc1cccc(-c2cc(C(=O)N3CCN(c4ccccc4C)CC3)n(-c3ccc(F)cc3)n2)c1. The van der Waals surface area contributed by atoms with Crippen LogP contribution in [0, 0.1) is 12.7 Å². The van der Waals surface area contributed by atoms with Gasteiger partial charge in [0.1, 0.15) is 17.3 Å². The average Bonchev–Trinajstić information content (AvgIpc) is 3.35. The van der Waals surface area contributed by atoms with Gasteiger partial charge in [-0.3, -0.25) is 4.79 Å². The highest BCUT2D eigenvalue weighted by molar-refractivity contribution is 5.94. The Bertz CT molecular complexity index is 1340. The van der Waals surface area contributed by atoms with Crippen molar-refractivity contribution in [3.8, 4) is 22.7 Å². The zero-order chi connectivity index (χ0) is 24.4. The first kappa shape index (κ1) is 22.7. The summed E-state index contributed by atoms with van der Waals surface area (Å²) in [4.78, 5) is 17.9. The van der Waals surface area contributed by atoms with Gasteiger partial charge in [-0.1, -0.05) is 30.3 Å². The highest BCUT2D eigenvalue weighted by Crippen LogP contribution is 2.27. The molecule has 2 heterocycles. The van der Waals surface area contributed by atoms with Crippen LogP contribution in [0.5, 0.6) is 5.75 Å². The number of hydrogen-bond acceptors (Lipinski definition) is 4. The fraction of sp³-hybridized carbons (Fsp3) is 0.214. The molecule has 5 rings (SSSR count). The third-order valence-electron chi connectivity index (χ3n) is 6.39. The molecule has 0 saturated carbocycles. The number of anilines is 1. The first-order chi connectivity index (χ1) is 17.0. The molecule has 1 amide bonds. The number of aromatic nitrogens is 2. The Labute approximate surface area is 204 Å². The predicted molar refractivity (Wildman–Crippen MR) is 135 cm³/mol. The van der Waals surface area contributed by atoms with Gasteiger partial charge in [0.05, 0.1) is 18.5 Å². The topological polar surface area (TPSA) is 50.6 Å². The third kappa shape index (κ3) is 4.62. The lowest BCUT2D eigenvalue weighted by Crippen LogP contribution is -2.49. The maximum absolute atomic E-state index is 13.7. The van der Waals surface area contributed by atoms with E-state index >= 15 is 0 Å². The Morgan fingerprint density at radius 1 is 0.914 bits per heavy atom. The van der Waals surface area contributed by atoms with Crippen LogP contribution >= 0.6 is 0 Å². The van der Waals surface area contributed by atoms with E-state index in [9.17, 15) is 9.18 Å². The van der Waals surface area contributed by atoms with E-state index in [-0.39, 0.29) is 11.7 Å². The van der Waals surface area contributed by atoms with Crippen molar-refractivity contribution in [1.82, 2.24) is 14.7 Å². The first-order valence-corrected chi connectivity index (χ1v) is 11.6. The molecule has 1 aliphatic rings. The Hall–Kier alpha value is -4.13. The maximum atomic E-state index is 13.7. The zero-order valence-electron chi connectivity index (χ0n) is 19.8. The third-order valence-corrected chi connectivity index (χ3v) is 6.39. The maximum Gasteiger partial charge on any atom is 0.272 e. The number of nitrogens with zero attached hydrogens (tertiary/aromatic N) is 4. The minimum atomic E-state index is -0.339. The number of amides is 1. The van der Waals surface area contributed by atoms with Crippen molar-refractivity contribution in [2.45, 2.75) is 6.92 Å². The molecule has 1 aliphatic heterocycles. The molecule has 1 aromatic heterocycles. The molecule has 0 bridgehead atoms. The van der Waals surface area contributed by atoms with E-state index in [4.69, 9.17) is 9.84 Å². The van der Waals surface area contributed by atoms with Crippen molar-refractivity contribution in [3.05, 3.63) is 95.9 Å². The Morgan fingerprint density at radius 2 is 1.66 bits per heavy atom. The summed E-state index contributed by atoms with van der Waals surface area (Å²) >= 11 is 0. The van der Waals surface area contributed by atoms with Crippen molar-refractivity contribution in [1.29, 1.82) is 0 Å². The lowest BCUT2D eigenvalue weighted by Gasteiger charge is -2.36. The Kier molecular flexibility index (Phi) is 6.23. The molecule has 178 valence electrons. The second kappa shape index (κ2) is 9.62. The summed E-state index contributed by atoms with van der Waals surface area (Å²) in [5, 5.41) is 4.73. The highest BCUT2D eigenvalue weighted by Gasteiger charge is 2.27. The number of ether oxygens (including phenoxy) is 1.